The Morgan fingerprint density at radius 3 is 1.28 bits per heavy atom. The van der Waals surface area contributed by atoms with E-state index in [1.807, 2.05) is 13.8 Å². The fourth-order valence-electron chi connectivity index (χ4n) is 3.80. The van der Waals surface area contributed by atoms with Gasteiger partial charge in [0.25, 0.3) is 0 Å². The molecule has 2 fully saturated rings. The van der Waals surface area contributed by atoms with E-state index in [-0.39, 0.29) is 0 Å². The molecule has 2 aliphatic heterocycles. The van der Waals surface area contributed by atoms with Gasteiger partial charge >= 0.3 is 0 Å². The molecule has 10 atom stereocenters. The van der Waals surface area contributed by atoms with Crippen LogP contribution in [-0.2, 0) is 9.47 Å². The first-order valence-corrected chi connectivity index (χ1v) is 10.3. The Hall–Kier alpha value is -1.58. The Labute approximate surface area is 184 Å². The molecular formula is C20H32N2O10. The van der Waals surface area contributed by atoms with Gasteiger partial charge in [-0.2, -0.15) is 0 Å². The van der Waals surface area contributed by atoms with Crippen LogP contribution >= 0.6 is 0 Å². The first-order chi connectivity index (χ1) is 15.1. The number of aryl methyl sites for hydroxylation is 2. The maximum Gasteiger partial charge on any atom is 0.157 e. The number of anilines is 2. The molecule has 0 aromatic heterocycles. The second kappa shape index (κ2) is 10.1. The standard InChI is InChI=1S/C20H32N2O10/c1-7-3-9(21-19-17(29)15(27)13(25)11(5-23)31-19)10(4-8(7)2)22-20-18(30)16(28)14(26)12(6-24)32-20/h3-4,11-30H,5-6H2,1-2H3/t11-,12-,13+,14+,15+,16+,17-,18+,19-,20-/m0/s1. The van der Waals surface area contributed by atoms with Gasteiger partial charge in [-0.25, -0.2) is 0 Å². The van der Waals surface area contributed by atoms with Crippen molar-refractivity contribution in [3.05, 3.63) is 23.3 Å². The first kappa shape index (κ1) is 25.1. The lowest BCUT2D eigenvalue weighted by Gasteiger charge is -2.42. The minimum Gasteiger partial charge on any atom is -0.394 e. The molecule has 1 aromatic rings. The minimum absolute atomic E-state index is 0.370. The van der Waals surface area contributed by atoms with E-state index in [1.165, 1.54) is 0 Å². The quantitative estimate of drug-likeness (QED) is 0.203. The Morgan fingerprint density at radius 2 is 0.969 bits per heavy atom. The smallest absolute Gasteiger partial charge is 0.157 e. The van der Waals surface area contributed by atoms with Crippen LogP contribution in [0.25, 0.3) is 0 Å². The van der Waals surface area contributed by atoms with Crippen LogP contribution in [0.5, 0.6) is 0 Å². The molecule has 32 heavy (non-hydrogen) atoms. The van der Waals surface area contributed by atoms with E-state index in [9.17, 15) is 40.9 Å². The van der Waals surface area contributed by atoms with E-state index in [0.717, 1.165) is 11.1 Å². The van der Waals surface area contributed by atoms with Gasteiger partial charge in [-0.3, -0.25) is 0 Å². The summed E-state index contributed by atoms with van der Waals surface area (Å²) in [4.78, 5) is 0. The van der Waals surface area contributed by atoms with Gasteiger partial charge in [-0.1, -0.05) is 0 Å². The van der Waals surface area contributed by atoms with Gasteiger partial charge in [0.2, 0.25) is 0 Å². The van der Waals surface area contributed by atoms with Crippen molar-refractivity contribution in [1.29, 1.82) is 0 Å². The Bertz CT molecular complexity index is 716. The van der Waals surface area contributed by atoms with Crippen molar-refractivity contribution in [1.82, 2.24) is 0 Å². The molecule has 3 rings (SSSR count). The maximum atomic E-state index is 10.3. The molecule has 0 bridgehead atoms. The van der Waals surface area contributed by atoms with Crippen molar-refractivity contribution in [3.8, 4) is 0 Å². The zero-order valence-electron chi connectivity index (χ0n) is 17.7. The fourth-order valence-corrected chi connectivity index (χ4v) is 3.80. The normalized spacial score (nSPS) is 40.2. The third kappa shape index (κ3) is 4.84. The van der Waals surface area contributed by atoms with E-state index < -0.39 is 74.5 Å². The van der Waals surface area contributed by atoms with Crippen LogP contribution in [0.15, 0.2) is 12.1 Å². The molecule has 0 spiro atoms. The molecule has 2 saturated heterocycles. The number of aliphatic hydroxyl groups excluding tert-OH is 8. The van der Waals surface area contributed by atoms with Gasteiger partial charge in [0.15, 0.2) is 12.5 Å². The van der Waals surface area contributed by atoms with Crippen LogP contribution < -0.4 is 10.6 Å². The van der Waals surface area contributed by atoms with Gasteiger partial charge in [0.05, 0.1) is 24.6 Å². The van der Waals surface area contributed by atoms with E-state index in [1.54, 1.807) is 12.1 Å². The van der Waals surface area contributed by atoms with E-state index in [2.05, 4.69) is 10.6 Å². The molecule has 12 nitrogen and oxygen atoms in total. The lowest BCUT2D eigenvalue weighted by molar-refractivity contribution is -0.222. The highest BCUT2D eigenvalue weighted by Crippen LogP contribution is 2.32. The van der Waals surface area contributed by atoms with Crippen molar-refractivity contribution < 1.29 is 50.3 Å². The second-order valence-electron chi connectivity index (χ2n) is 8.27. The highest BCUT2D eigenvalue weighted by molar-refractivity contribution is 5.71. The predicted octanol–water partition coefficient (Wildman–Crippen LogP) is -3.27. The predicted molar refractivity (Wildman–Crippen MR) is 111 cm³/mol. The highest BCUT2D eigenvalue weighted by Gasteiger charge is 2.45. The van der Waals surface area contributed by atoms with Crippen LogP contribution in [0.3, 0.4) is 0 Å². The van der Waals surface area contributed by atoms with Crippen LogP contribution in [-0.4, -0.2) is 115 Å². The van der Waals surface area contributed by atoms with Crippen molar-refractivity contribution in [2.45, 2.75) is 75.1 Å². The number of ether oxygens (including phenoxy) is 2. The summed E-state index contributed by atoms with van der Waals surface area (Å²) in [6.07, 6.45) is -13.7. The average Bonchev–Trinajstić information content (AvgIpc) is 2.77. The topological polar surface area (TPSA) is 204 Å². The minimum atomic E-state index is -1.56. The van der Waals surface area contributed by atoms with E-state index in [0.29, 0.717) is 11.4 Å². The van der Waals surface area contributed by atoms with Gasteiger partial charge < -0.3 is 61.0 Å². The molecule has 0 amide bonds. The molecule has 2 heterocycles. The molecule has 0 aliphatic carbocycles. The molecule has 1 aromatic carbocycles. The summed E-state index contributed by atoms with van der Waals surface area (Å²) in [5.41, 5.74) is 2.46. The number of rotatable bonds is 6. The fraction of sp³-hybridized carbons (Fsp3) is 0.700. The summed E-state index contributed by atoms with van der Waals surface area (Å²) >= 11 is 0. The molecule has 0 saturated carbocycles. The summed E-state index contributed by atoms with van der Waals surface area (Å²) in [6.45, 7) is 2.52. The molecule has 10 N–H and O–H groups in total. The number of hydrogen-bond acceptors (Lipinski definition) is 12. The molecule has 12 heteroatoms. The number of benzene rings is 1. The molecular weight excluding hydrogens is 428 g/mol. The summed E-state index contributed by atoms with van der Waals surface area (Å²) in [7, 11) is 0. The zero-order chi connectivity index (χ0) is 23.7. The highest BCUT2D eigenvalue weighted by atomic mass is 16.6. The van der Waals surface area contributed by atoms with Crippen molar-refractivity contribution >= 4 is 11.4 Å². The van der Waals surface area contributed by atoms with Crippen molar-refractivity contribution in [2.24, 2.45) is 0 Å². The largest absolute Gasteiger partial charge is 0.394 e. The summed E-state index contributed by atoms with van der Waals surface area (Å²) in [5.74, 6) is 0. The van der Waals surface area contributed by atoms with Crippen LogP contribution in [0.1, 0.15) is 11.1 Å². The Balaban J connectivity index is 1.86. The van der Waals surface area contributed by atoms with Gasteiger partial charge in [-0.15, -0.1) is 0 Å². The van der Waals surface area contributed by atoms with Gasteiger partial charge in [-0.05, 0) is 37.1 Å². The van der Waals surface area contributed by atoms with E-state index in [4.69, 9.17) is 9.47 Å². The molecule has 2 aliphatic rings. The monoisotopic (exact) mass is 460 g/mol. The average molecular weight is 460 g/mol. The number of aliphatic hydroxyl groups is 8. The number of hydrogen-bond donors (Lipinski definition) is 10. The van der Waals surface area contributed by atoms with Crippen molar-refractivity contribution in [2.75, 3.05) is 23.8 Å². The van der Waals surface area contributed by atoms with Crippen molar-refractivity contribution in [3.63, 3.8) is 0 Å². The van der Waals surface area contributed by atoms with Crippen LogP contribution in [0.4, 0.5) is 11.4 Å². The van der Waals surface area contributed by atoms with Crippen LogP contribution in [0, 0.1) is 13.8 Å². The summed E-state index contributed by atoms with van der Waals surface area (Å²) < 4.78 is 11.0. The Morgan fingerprint density at radius 1 is 0.625 bits per heavy atom. The van der Waals surface area contributed by atoms with Gasteiger partial charge in [0.1, 0.15) is 48.8 Å². The van der Waals surface area contributed by atoms with Crippen LogP contribution in [0.2, 0.25) is 0 Å². The lowest BCUT2D eigenvalue weighted by atomic mass is 9.97. The SMILES string of the molecule is Cc1cc(N[C@H]2O[C@@H](CO)[C@@H](O)[C@@H](O)[C@H]2O)c(N[C@H]2O[C@@H](CO)[C@@H](O)[C@@H](O)[C@@H]2O)cc1C. The summed E-state index contributed by atoms with van der Waals surface area (Å²) in [5, 5.41) is 85.3. The third-order valence-electron chi connectivity index (χ3n) is 6.01. The zero-order valence-corrected chi connectivity index (χ0v) is 17.7. The third-order valence-corrected chi connectivity index (χ3v) is 6.01. The molecule has 182 valence electrons. The lowest BCUT2D eigenvalue weighted by Crippen LogP contribution is -2.61. The summed E-state index contributed by atoms with van der Waals surface area (Å²) in [6, 6.07) is 3.42. The molecule has 0 radical (unpaired) electrons. The second-order valence-corrected chi connectivity index (χ2v) is 8.27. The van der Waals surface area contributed by atoms with E-state index >= 15 is 0 Å². The Kier molecular flexibility index (Phi) is 7.93. The first-order valence-electron chi connectivity index (χ1n) is 10.3. The maximum absolute atomic E-state index is 10.3. The number of nitrogens with one attached hydrogen (secondary N) is 2. The molecule has 0 unspecified atom stereocenters. The van der Waals surface area contributed by atoms with Gasteiger partial charge in [0, 0.05) is 0 Å².